The van der Waals surface area contributed by atoms with Crippen LogP contribution in [-0.4, -0.2) is 84.3 Å². The number of amides is 1. The number of carbonyl (C=O) groups excluding carboxylic acids is 1. The number of piperazine rings is 1. The predicted molar refractivity (Wildman–Crippen MR) is 123 cm³/mol. The maximum absolute atomic E-state index is 12.6. The van der Waals surface area contributed by atoms with E-state index in [9.17, 15) is 4.79 Å². The lowest BCUT2D eigenvalue weighted by atomic mass is 9.97. The Bertz CT molecular complexity index is 654. The van der Waals surface area contributed by atoms with Crippen molar-refractivity contribution < 1.29 is 4.79 Å². The highest BCUT2D eigenvalue weighted by molar-refractivity contribution is 14.0. The fourth-order valence-electron chi connectivity index (χ4n) is 3.97. The first-order chi connectivity index (χ1) is 13.1. The number of likely N-dealkylation sites (tertiary alicyclic amines) is 1. The highest BCUT2D eigenvalue weighted by atomic mass is 127. The molecule has 0 aliphatic carbocycles. The summed E-state index contributed by atoms with van der Waals surface area (Å²) in [5.41, 5.74) is 0.865. The molecule has 0 saturated carbocycles. The van der Waals surface area contributed by atoms with Crippen molar-refractivity contribution in [3.63, 3.8) is 0 Å². The molecule has 1 aromatic heterocycles. The van der Waals surface area contributed by atoms with Crippen LogP contribution in [0.5, 0.6) is 0 Å². The fraction of sp³-hybridized carbons (Fsp3) is 0.737. The summed E-state index contributed by atoms with van der Waals surface area (Å²) in [4.78, 5) is 23.4. The number of nitrogens with one attached hydrogen (secondary N) is 1. The zero-order chi connectivity index (χ0) is 19.2. The second kappa shape index (κ2) is 11.0. The third kappa shape index (κ3) is 5.82. The molecule has 0 spiro atoms. The van der Waals surface area contributed by atoms with Crippen LogP contribution in [0.4, 0.5) is 5.69 Å². The van der Waals surface area contributed by atoms with Gasteiger partial charge < -0.3 is 20.0 Å². The van der Waals surface area contributed by atoms with Crippen molar-refractivity contribution in [3.05, 3.63) is 12.4 Å². The van der Waals surface area contributed by atoms with Gasteiger partial charge in [0.05, 0.1) is 11.9 Å². The Hall–Kier alpha value is -1.36. The molecule has 1 N–H and O–H groups in total. The molecule has 158 valence electrons. The maximum atomic E-state index is 12.6. The highest BCUT2D eigenvalue weighted by Crippen LogP contribution is 2.18. The first-order valence-electron chi connectivity index (χ1n) is 10.1. The van der Waals surface area contributed by atoms with E-state index in [1.54, 1.807) is 22.8 Å². The molecule has 1 aromatic rings. The van der Waals surface area contributed by atoms with Crippen LogP contribution >= 0.6 is 24.0 Å². The van der Waals surface area contributed by atoms with Crippen LogP contribution in [0, 0.1) is 5.92 Å². The molecule has 0 aromatic carbocycles. The minimum absolute atomic E-state index is 0. The van der Waals surface area contributed by atoms with Crippen LogP contribution in [0.1, 0.15) is 26.2 Å². The summed E-state index contributed by atoms with van der Waals surface area (Å²) in [6.07, 6.45) is 7.32. The average molecular weight is 503 g/mol. The summed E-state index contributed by atoms with van der Waals surface area (Å²) in [5, 5.41) is 7.67. The van der Waals surface area contributed by atoms with Gasteiger partial charge in [0.15, 0.2) is 5.96 Å². The van der Waals surface area contributed by atoms with Gasteiger partial charge in [-0.15, -0.1) is 24.0 Å². The van der Waals surface area contributed by atoms with E-state index < -0.39 is 0 Å². The van der Waals surface area contributed by atoms with Crippen molar-refractivity contribution in [3.8, 4) is 0 Å². The zero-order valence-corrected chi connectivity index (χ0v) is 19.6. The van der Waals surface area contributed by atoms with Crippen LogP contribution < -0.4 is 10.2 Å². The second-order valence-electron chi connectivity index (χ2n) is 7.55. The van der Waals surface area contributed by atoms with E-state index in [1.165, 1.54) is 38.9 Å². The lowest BCUT2D eigenvalue weighted by Crippen LogP contribution is -2.56. The molecule has 1 amide bonds. The molecule has 3 heterocycles. The Labute approximate surface area is 185 Å². The van der Waals surface area contributed by atoms with Gasteiger partial charge in [-0.05, 0) is 44.8 Å². The Kier molecular flexibility index (Phi) is 9.00. The molecule has 2 fully saturated rings. The lowest BCUT2D eigenvalue weighted by Gasteiger charge is -2.36. The number of guanidine groups is 1. The second-order valence-corrected chi connectivity index (χ2v) is 7.55. The number of anilines is 1. The molecule has 8 nitrogen and oxygen atoms in total. The van der Waals surface area contributed by atoms with Crippen LogP contribution in [-0.2, 0) is 11.8 Å². The maximum Gasteiger partial charge on any atom is 0.246 e. The van der Waals surface area contributed by atoms with Gasteiger partial charge in [0.2, 0.25) is 5.91 Å². The SMILES string of the molecule is CCCN1CCC(CNC(=NC)N2CCN(c3cnn(C)c3)C(=O)C2)CC1.I. The number of aryl methyl sites for hydroxylation is 1. The number of aliphatic imine (C=N–C) groups is 1. The molecule has 0 atom stereocenters. The summed E-state index contributed by atoms with van der Waals surface area (Å²) in [6, 6.07) is 0. The molecule has 2 aliphatic heterocycles. The normalized spacial score (nSPS) is 19.7. The van der Waals surface area contributed by atoms with Gasteiger partial charge in [-0.2, -0.15) is 5.10 Å². The quantitative estimate of drug-likeness (QED) is 0.374. The largest absolute Gasteiger partial charge is 0.356 e. The van der Waals surface area contributed by atoms with Gasteiger partial charge in [0, 0.05) is 39.9 Å². The molecular formula is C19H34IN7O. The summed E-state index contributed by atoms with van der Waals surface area (Å²) < 4.78 is 1.72. The molecule has 28 heavy (non-hydrogen) atoms. The van der Waals surface area contributed by atoms with Crippen LogP contribution in [0.3, 0.4) is 0 Å². The van der Waals surface area contributed by atoms with E-state index in [1.807, 2.05) is 13.2 Å². The summed E-state index contributed by atoms with van der Waals surface area (Å²) >= 11 is 0. The number of carbonyl (C=O) groups is 1. The van der Waals surface area contributed by atoms with Crippen molar-refractivity contribution in [1.82, 2.24) is 24.9 Å². The molecule has 2 saturated heterocycles. The molecule has 9 heteroatoms. The van der Waals surface area contributed by atoms with Crippen LogP contribution in [0.25, 0.3) is 0 Å². The molecule has 3 rings (SSSR count). The van der Waals surface area contributed by atoms with Crippen molar-refractivity contribution in [1.29, 1.82) is 0 Å². The molecule has 0 radical (unpaired) electrons. The minimum atomic E-state index is 0. The summed E-state index contributed by atoms with van der Waals surface area (Å²) in [7, 11) is 3.66. The number of rotatable bonds is 5. The van der Waals surface area contributed by atoms with Gasteiger partial charge in [0.1, 0.15) is 6.54 Å². The van der Waals surface area contributed by atoms with Gasteiger partial charge in [-0.25, -0.2) is 0 Å². The summed E-state index contributed by atoms with van der Waals surface area (Å²) in [5.74, 6) is 1.61. The minimum Gasteiger partial charge on any atom is -0.356 e. The number of hydrogen-bond donors (Lipinski definition) is 1. The van der Waals surface area contributed by atoms with Crippen LogP contribution in [0.2, 0.25) is 0 Å². The fourth-order valence-corrected chi connectivity index (χ4v) is 3.97. The lowest BCUT2D eigenvalue weighted by molar-refractivity contribution is -0.120. The third-order valence-electron chi connectivity index (χ3n) is 5.53. The highest BCUT2D eigenvalue weighted by Gasteiger charge is 2.28. The average Bonchev–Trinajstić information content (AvgIpc) is 3.10. The summed E-state index contributed by atoms with van der Waals surface area (Å²) in [6.45, 7) is 8.56. The Morgan fingerprint density at radius 2 is 2.04 bits per heavy atom. The molecule has 0 bridgehead atoms. The third-order valence-corrected chi connectivity index (χ3v) is 5.53. The Balaban J connectivity index is 0.00000280. The molecule has 0 unspecified atom stereocenters. The standard InChI is InChI=1S/C19H33N7O.HI/c1-4-7-24-8-5-16(6-9-24)12-21-19(20-2)25-10-11-26(18(27)15-25)17-13-22-23(3)14-17;/h13-14,16H,4-12,15H2,1-3H3,(H,20,21);1H. The first-order valence-corrected chi connectivity index (χ1v) is 10.1. The monoisotopic (exact) mass is 503 g/mol. The topological polar surface area (TPSA) is 69.0 Å². The van der Waals surface area contributed by atoms with Crippen molar-refractivity contribution in [2.75, 3.05) is 57.8 Å². The Morgan fingerprint density at radius 1 is 1.29 bits per heavy atom. The predicted octanol–water partition coefficient (Wildman–Crippen LogP) is 1.38. The van der Waals surface area contributed by atoms with Gasteiger partial charge in [-0.3, -0.25) is 14.5 Å². The molecule has 2 aliphatic rings. The number of hydrogen-bond acceptors (Lipinski definition) is 4. The smallest absolute Gasteiger partial charge is 0.246 e. The van der Waals surface area contributed by atoms with Crippen LogP contribution in [0.15, 0.2) is 17.4 Å². The zero-order valence-electron chi connectivity index (χ0n) is 17.3. The van der Waals surface area contributed by atoms with E-state index in [0.717, 1.165) is 24.7 Å². The number of aromatic nitrogens is 2. The van der Waals surface area contributed by atoms with E-state index in [0.29, 0.717) is 19.0 Å². The number of nitrogens with zero attached hydrogens (tertiary/aromatic N) is 6. The van der Waals surface area contributed by atoms with E-state index in [2.05, 4.69) is 32.1 Å². The van der Waals surface area contributed by atoms with Crippen molar-refractivity contribution in [2.24, 2.45) is 18.0 Å². The number of halogens is 1. The Morgan fingerprint density at radius 3 is 2.61 bits per heavy atom. The van der Waals surface area contributed by atoms with Crippen molar-refractivity contribution in [2.45, 2.75) is 26.2 Å². The van der Waals surface area contributed by atoms with Gasteiger partial charge in [-0.1, -0.05) is 6.92 Å². The van der Waals surface area contributed by atoms with Crippen molar-refractivity contribution >= 4 is 41.5 Å². The van der Waals surface area contributed by atoms with E-state index >= 15 is 0 Å². The van der Waals surface area contributed by atoms with E-state index in [4.69, 9.17) is 0 Å². The van der Waals surface area contributed by atoms with E-state index in [-0.39, 0.29) is 29.9 Å². The van der Waals surface area contributed by atoms with Gasteiger partial charge >= 0.3 is 0 Å². The number of piperidine rings is 1. The first kappa shape index (κ1) is 22.9. The molecular weight excluding hydrogens is 469 g/mol. The van der Waals surface area contributed by atoms with Gasteiger partial charge in [0.25, 0.3) is 0 Å².